The molecule has 2 rings (SSSR count). The van der Waals surface area contributed by atoms with E-state index in [1.54, 1.807) is 45.2 Å². The van der Waals surface area contributed by atoms with Gasteiger partial charge in [-0.25, -0.2) is 0 Å². The van der Waals surface area contributed by atoms with Gasteiger partial charge in [-0.1, -0.05) is 48.5 Å². The first-order valence-corrected chi connectivity index (χ1v) is 6.89. The number of aliphatic hydroxyl groups is 1. The van der Waals surface area contributed by atoms with Gasteiger partial charge in [-0.2, -0.15) is 0 Å². The quantitative estimate of drug-likeness (QED) is 0.853. The largest absolute Gasteiger partial charge is 0.496 e. The van der Waals surface area contributed by atoms with Gasteiger partial charge < -0.3 is 9.84 Å². The first-order valence-electron chi connectivity index (χ1n) is 6.89. The number of aliphatic hydroxyl groups excluding tert-OH is 1. The van der Waals surface area contributed by atoms with E-state index >= 15 is 0 Å². The molecule has 1 atom stereocenters. The van der Waals surface area contributed by atoms with Crippen molar-refractivity contribution in [2.75, 3.05) is 7.11 Å². The summed E-state index contributed by atoms with van der Waals surface area (Å²) < 4.78 is 5.28. The second-order valence-corrected chi connectivity index (χ2v) is 5.56. The van der Waals surface area contributed by atoms with E-state index < -0.39 is 11.5 Å². The van der Waals surface area contributed by atoms with Crippen LogP contribution in [-0.4, -0.2) is 18.0 Å². The fourth-order valence-corrected chi connectivity index (χ4v) is 2.37. The molecule has 0 bridgehead atoms. The van der Waals surface area contributed by atoms with Gasteiger partial charge in [0.05, 0.1) is 18.6 Å². The highest BCUT2D eigenvalue weighted by atomic mass is 16.5. The summed E-state index contributed by atoms with van der Waals surface area (Å²) in [6.07, 6.45) is -0.943. The van der Waals surface area contributed by atoms with E-state index in [1.165, 1.54) is 0 Å². The minimum absolute atomic E-state index is 0.0958. The molecule has 3 heteroatoms. The van der Waals surface area contributed by atoms with Crippen molar-refractivity contribution in [3.05, 3.63) is 65.7 Å². The third-order valence-electron chi connectivity index (χ3n) is 3.74. The number of ether oxygens (including phenoxy) is 1. The zero-order valence-corrected chi connectivity index (χ0v) is 12.5. The van der Waals surface area contributed by atoms with Crippen LogP contribution >= 0.6 is 0 Å². The topological polar surface area (TPSA) is 46.5 Å². The van der Waals surface area contributed by atoms with Crippen molar-refractivity contribution in [1.29, 1.82) is 0 Å². The van der Waals surface area contributed by atoms with Crippen molar-refractivity contribution in [1.82, 2.24) is 0 Å². The third-order valence-corrected chi connectivity index (χ3v) is 3.74. The van der Waals surface area contributed by atoms with Crippen LogP contribution in [0, 0.1) is 5.41 Å². The van der Waals surface area contributed by atoms with Crippen molar-refractivity contribution >= 4 is 5.78 Å². The van der Waals surface area contributed by atoms with Gasteiger partial charge in [0.2, 0.25) is 0 Å². The van der Waals surface area contributed by atoms with Crippen LogP contribution in [0.2, 0.25) is 0 Å². The third kappa shape index (κ3) is 2.98. The van der Waals surface area contributed by atoms with E-state index in [0.717, 1.165) is 0 Å². The zero-order valence-electron chi connectivity index (χ0n) is 12.5. The molecule has 2 aromatic carbocycles. The number of hydrogen-bond acceptors (Lipinski definition) is 3. The van der Waals surface area contributed by atoms with E-state index in [9.17, 15) is 9.90 Å². The Morgan fingerprint density at radius 2 is 1.62 bits per heavy atom. The minimum Gasteiger partial charge on any atom is -0.496 e. The molecule has 1 N–H and O–H groups in total. The van der Waals surface area contributed by atoms with Gasteiger partial charge in [0.15, 0.2) is 5.78 Å². The Labute approximate surface area is 125 Å². The lowest BCUT2D eigenvalue weighted by Gasteiger charge is -2.30. The second kappa shape index (κ2) is 6.10. The fraction of sp³-hybridized carbons (Fsp3) is 0.278. The molecule has 1 unspecified atom stereocenters. The molecule has 0 aliphatic rings. The summed E-state index contributed by atoms with van der Waals surface area (Å²) in [5.41, 5.74) is 0.265. The van der Waals surface area contributed by atoms with Crippen molar-refractivity contribution in [3.8, 4) is 5.75 Å². The molecular weight excluding hydrogens is 264 g/mol. The summed E-state index contributed by atoms with van der Waals surface area (Å²) in [7, 11) is 1.55. The number of methoxy groups -OCH3 is 1. The maximum absolute atomic E-state index is 12.7. The van der Waals surface area contributed by atoms with E-state index in [0.29, 0.717) is 16.9 Å². The summed E-state index contributed by atoms with van der Waals surface area (Å²) in [4.78, 5) is 12.7. The Kier molecular flexibility index (Phi) is 4.43. The molecule has 0 heterocycles. The van der Waals surface area contributed by atoms with Gasteiger partial charge in [0, 0.05) is 11.1 Å². The first kappa shape index (κ1) is 15.3. The second-order valence-electron chi connectivity index (χ2n) is 5.56. The van der Waals surface area contributed by atoms with Crippen LogP contribution in [0.15, 0.2) is 54.6 Å². The molecule has 0 saturated heterocycles. The van der Waals surface area contributed by atoms with Gasteiger partial charge in [-0.05, 0) is 19.9 Å². The van der Waals surface area contributed by atoms with Crippen molar-refractivity contribution in [2.24, 2.45) is 5.41 Å². The molecule has 110 valence electrons. The fourth-order valence-electron chi connectivity index (χ4n) is 2.37. The van der Waals surface area contributed by atoms with Crippen LogP contribution < -0.4 is 4.74 Å². The average molecular weight is 284 g/mol. The van der Waals surface area contributed by atoms with Gasteiger partial charge in [-0.3, -0.25) is 4.79 Å². The summed E-state index contributed by atoms with van der Waals surface area (Å²) in [5.74, 6) is 0.487. The Balaban J connectivity index is 2.36. The van der Waals surface area contributed by atoms with Crippen LogP contribution in [0.25, 0.3) is 0 Å². The number of benzene rings is 2. The molecule has 0 fully saturated rings. The Bertz CT molecular complexity index is 617. The highest BCUT2D eigenvalue weighted by Gasteiger charge is 2.38. The molecule has 0 amide bonds. The highest BCUT2D eigenvalue weighted by molar-refractivity contribution is 6.00. The molecule has 0 spiro atoms. The number of para-hydroxylation sites is 1. The van der Waals surface area contributed by atoms with Crippen LogP contribution in [-0.2, 0) is 0 Å². The molecule has 21 heavy (non-hydrogen) atoms. The molecule has 0 aliphatic carbocycles. The van der Waals surface area contributed by atoms with Crippen molar-refractivity contribution in [3.63, 3.8) is 0 Å². The van der Waals surface area contributed by atoms with Crippen LogP contribution in [0.4, 0.5) is 0 Å². The lowest BCUT2D eigenvalue weighted by Crippen LogP contribution is -2.32. The van der Waals surface area contributed by atoms with E-state index in [4.69, 9.17) is 4.74 Å². The standard InChI is InChI=1S/C18H20O3/c1-18(2,16(19)13-9-5-4-6-10-13)17(20)14-11-7-8-12-15(14)21-3/h4-12,17,20H,1-3H3. The number of carbonyl (C=O) groups excluding carboxylic acids is 1. The molecule has 3 nitrogen and oxygen atoms in total. The van der Waals surface area contributed by atoms with Crippen LogP contribution in [0.3, 0.4) is 0 Å². The van der Waals surface area contributed by atoms with Gasteiger partial charge >= 0.3 is 0 Å². The van der Waals surface area contributed by atoms with Crippen LogP contribution in [0.1, 0.15) is 35.9 Å². The first-order chi connectivity index (χ1) is 9.98. The zero-order chi connectivity index (χ0) is 15.5. The van der Waals surface area contributed by atoms with Crippen molar-refractivity contribution < 1.29 is 14.6 Å². The number of rotatable bonds is 5. The predicted molar refractivity (Wildman–Crippen MR) is 82.5 cm³/mol. The predicted octanol–water partition coefficient (Wildman–Crippen LogP) is 3.64. The summed E-state index contributed by atoms with van der Waals surface area (Å²) in [6.45, 7) is 3.50. The molecule has 2 aromatic rings. The summed E-state index contributed by atoms with van der Waals surface area (Å²) in [5, 5.41) is 10.7. The summed E-state index contributed by atoms with van der Waals surface area (Å²) in [6, 6.07) is 16.2. The Morgan fingerprint density at radius 1 is 1.05 bits per heavy atom. The SMILES string of the molecule is COc1ccccc1C(O)C(C)(C)C(=O)c1ccccc1. The molecule has 0 aromatic heterocycles. The number of carbonyl (C=O) groups is 1. The van der Waals surface area contributed by atoms with Gasteiger partial charge in [0.1, 0.15) is 5.75 Å². The molecular formula is C18H20O3. The summed E-state index contributed by atoms with van der Waals surface area (Å²) >= 11 is 0. The van der Waals surface area contributed by atoms with E-state index in [-0.39, 0.29) is 5.78 Å². The monoisotopic (exact) mass is 284 g/mol. The molecule has 0 aliphatic heterocycles. The normalized spacial score (nSPS) is 12.8. The van der Waals surface area contributed by atoms with Crippen molar-refractivity contribution in [2.45, 2.75) is 20.0 Å². The van der Waals surface area contributed by atoms with Gasteiger partial charge in [0.25, 0.3) is 0 Å². The molecule has 0 radical (unpaired) electrons. The Hall–Kier alpha value is -2.13. The number of hydrogen-bond donors (Lipinski definition) is 1. The Morgan fingerprint density at radius 3 is 2.24 bits per heavy atom. The average Bonchev–Trinajstić information content (AvgIpc) is 2.54. The lowest BCUT2D eigenvalue weighted by molar-refractivity contribution is 0.0378. The minimum atomic E-state index is -0.948. The smallest absolute Gasteiger partial charge is 0.171 e. The van der Waals surface area contributed by atoms with Gasteiger partial charge in [-0.15, -0.1) is 0 Å². The van der Waals surface area contributed by atoms with E-state index in [1.807, 2.05) is 30.3 Å². The molecule has 0 saturated carbocycles. The number of ketones is 1. The highest BCUT2D eigenvalue weighted by Crippen LogP contribution is 2.39. The number of Topliss-reactive ketones (excluding diaryl/α,β-unsaturated/α-hetero) is 1. The lowest BCUT2D eigenvalue weighted by atomic mass is 9.76. The van der Waals surface area contributed by atoms with Crippen LogP contribution in [0.5, 0.6) is 5.75 Å². The maximum atomic E-state index is 12.7. The maximum Gasteiger partial charge on any atom is 0.171 e. The van der Waals surface area contributed by atoms with E-state index in [2.05, 4.69) is 0 Å².